The van der Waals surface area contributed by atoms with Gasteiger partial charge in [0.05, 0.1) is 12.3 Å². The van der Waals surface area contributed by atoms with E-state index in [0.717, 1.165) is 24.0 Å². The van der Waals surface area contributed by atoms with Crippen LogP contribution in [-0.4, -0.2) is 31.3 Å². The molecule has 0 saturated heterocycles. The van der Waals surface area contributed by atoms with Crippen LogP contribution in [0.5, 0.6) is 0 Å². The van der Waals surface area contributed by atoms with E-state index in [1.165, 1.54) is 10.6 Å². The van der Waals surface area contributed by atoms with Gasteiger partial charge in [-0.3, -0.25) is 9.89 Å². The molecule has 0 bridgehead atoms. The average molecular weight is 402 g/mol. The second-order valence-corrected chi connectivity index (χ2v) is 7.54. The first kappa shape index (κ1) is 18.4. The molecule has 2 heterocycles. The molecule has 0 atom stereocenters. The minimum atomic E-state index is -0.211. The number of allylic oxidation sites excluding steroid dienone is 4. The Hall–Kier alpha value is -3.61. The van der Waals surface area contributed by atoms with Gasteiger partial charge in [0.1, 0.15) is 11.5 Å². The van der Waals surface area contributed by atoms with Crippen LogP contribution in [0.3, 0.4) is 0 Å². The Kier molecular flexibility index (Phi) is 4.71. The van der Waals surface area contributed by atoms with E-state index >= 15 is 0 Å². The molecule has 2 aliphatic carbocycles. The van der Waals surface area contributed by atoms with E-state index in [2.05, 4.69) is 15.1 Å². The smallest absolute Gasteiger partial charge is 0.274 e. The molecule has 7 nitrogen and oxygen atoms in total. The zero-order chi connectivity index (χ0) is 20.5. The maximum atomic E-state index is 12.5. The monoisotopic (exact) mass is 402 g/mol. The summed E-state index contributed by atoms with van der Waals surface area (Å²) in [7, 11) is 0. The fraction of sp³-hybridized carbons (Fsp3) is 0.261. The molecule has 0 unspecified atom stereocenters. The number of nitrogens with one attached hydrogen (secondary N) is 1. The first-order valence-corrected chi connectivity index (χ1v) is 10.2. The minimum absolute atomic E-state index is 0.211. The van der Waals surface area contributed by atoms with Crippen molar-refractivity contribution in [1.29, 1.82) is 0 Å². The van der Waals surface area contributed by atoms with Crippen LogP contribution in [0.15, 0.2) is 76.5 Å². The number of ether oxygens (including phenoxy) is 1. The molecule has 2 N–H and O–H groups in total. The normalized spacial score (nSPS) is 16.6. The van der Waals surface area contributed by atoms with Crippen molar-refractivity contribution in [1.82, 2.24) is 19.6 Å². The Bertz CT molecular complexity index is 1230. The van der Waals surface area contributed by atoms with E-state index in [1.54, 1.807) is 0 Å². The fourth-order valence-electron chi connectivity index (χ4n) is 3.64. The maximum absolute atomic E-state index is 12.5. The summed E-state index contributed by atoms with van der Waals surface area (Å²) in [6.45, 7) is 0.363. The Morgan fingerprint density at radius 2 is 2.03 bits per heavy atom. The van der Waals surface area contributed by atoms with Crippen LogP contribution < -0.4 is 5.56 Å². The van der Waals surface area contributed by atoms with Gasteiger partial charge in [0.2, 0.25) is 0 Å². The Morgan fingerprint density at radius 3 is 2.83 bits per heavy atom. The summed E-state index contributed by atoms with van der Waals surface area (Å²) in [4.78, 5) is 21.5. The van der Waals surface area contributed by atoms with E-state index in [9.17, 15) is 9.90 Å². The molecule has 1 saturated carbocycles. The summed E-state index contributed by atoms with van der Waals surface area (Å²) in [5, 5.41) is 13.3. The number of rotatable bonds is 6. The number of aliphatic hydroxyl groups is 1. The topological polar surface area (TPSA) is 92.5 Å². The Morgan fingerprint density at radius 1 is 1.20 bits per heavy atom. The van der Waals surface area contributed by atoms with Gasteiger partial charge in [0.25, 0.3) is 11.3 Å². The molecule has 0 aliphatic heterocycles. The number of aliphatic hydroxyl groups excluding tert-OH is 1. The van der Waals surface area contributed by atoms with Crippen molar-refractivity contribution in [2.75, 3.05) is 6.61 Å². The number of aromatic amines is 1. The van der Waals surface area contributed by atoms with Crippen LogP contribution in [0, 0.1) is 5.92 Å². The van der Waals surface area contributed by atoms with E-state index < -0.39 is 0 Å². The van der Waals surface area contributed by atoms with Gasteiger partial charge in [-0.25, -0.2) is 4.98 Å². The molecule has 0 amide bonds. The molecule has 30 heavy (non-hydrogen) atoms. The fourth-order valence-corrected chi connectivity index (χ4v) is 3.64. The lowest BCUT2D eigenvalue weighted by Gasteiger charge is -2.12. The zero-order valence-corrected chi connectivity index (χ0v) is 16.4. The molecule has 0 radical (unpaired) electrons. The number of hydrogen-bond acceptors (Lipinski definition) is 5. The van der Waals surface area contributed by atoms with Crippen molar-refractivity contribution in [2.45, 2.75) is 25.7 Å². The largest absolute Gasteiger partial charge is 0.508 e. The number of H-pyrrole nitrogens is 1. The van der Waals surface area contributed by atoms with Crippen LogP contribution in [0.4, 0.5) is 0 Å². The maximum Gasteiger partial charge on any atom is 0.274 e. The van der Waals surface area contributed by atoms with Crippen molar-refractivity contribution in [3.8, 4) is 11.4 Å². The van der Waals surface area contributed by atoms with Gasteiger partial charge in [-0.2, -0.15) is 9.50 Å². The molecule has 0 spiro atoms. The van der Waals surface area contributed by atoms with Gasteiger partial charge in [-0.1, -0.05) is 36.4 Å². The highest BCUT2D eigenvalue weighted by Gasteiger charge is 2.31. The second-order valence-electron chi connectivity index (χ2n) is 7.54. The van der Waals surface area contributed by atoms with Gasteiger partial charge in [-0.05, 0) is 37.3 Å². The summed E-state index contributed by atoms with van der Waals surface area (Å²) >= 11 is 0. The predicted molar refractivity (Wildman–Crippen MR) is 113 cm³/mol. The van der Waals surface area contributed by atoms with Gasteiger partial charge < -0.3 is 9.84 Å². The van der Waals surface area contributed by atoms with Crippen LogP contribution >= 0.6 is 0 Å². The summed E-state index contributed by atoms with van der Waals surface area (Å²) in [6, 6.07) is 11.1. The number of aromatic nitrogens is 4. The SMILES string of the molecule is O=c1cc(CCOC2=C(C3CC3)C(O)=CCC=C2)nc2nc(-c3ccccc3)[nH]n12. The molecule has 2 aliphatic rings. The number of fused-ring (bicyclic) bond motifs is 1. The summed E-state index contributed by atoms with van der Waals surface area (Å²) in [5.41, 5.74) is 2.20. The van der Waals surface area contributed by atoms with Crippen molar-refractivity contribution >= 4 is 5.78 Å². The highest BCUT2D eigenvalue weighted by molar-refractivity contribution is 5.56. The number of nitrogens with zero attached hydrogens (tertiary/aromatic N) is 3. The molecule has 5 rings (SSSR count). The zero-order valence-electron chi connectivity index (χ0n) is 16.4. The second kappa shape index (κ2) is 7.67. The predicted octanol–water partition coefficient (Wildman–Crippen LogP) is 3.71. The third-order valence-corrected chi connectivity index (χ3v) is 5.29. The van der Waals surface area contributed by atoms with E-state index in [4.69, 9.17) is 4.74 Å². The molecule has 3 aromatic rings. The van der Waals surface area contributed by atoms with Crippen LogP contribution in [0.25, 0.3) is 17.2 Å². The third-order valence-electron chi connectivity index (χ3n) is 5.29. The Balaban J connectivity index is 1.35. The van der Waals surface area contributed by atoms with E-state index in [1.807, 2.05) is 48.6 Å². The van der Waals surface area contributed by atoms with Crippen molar-refractivity contribution in [3.63, 3.8) is 0 Å². The summed E-state index contributed by atoms with van der Waals surface area (Å²) in [6.07, 6.45) is 9.04. The number of hydrogen-bond donors (Lipinski definition) is 2. The molecular formula is C23H22N4O3. The van der Waals surface area contributed by atoms with Gasteiger partial charge in [-0.15, -0.1) is 0 Å². The summed E-state index contributed by atoms with van der Waals surface area (Å²) < 4.78 is 7.34. The molecule has 7 heteroatoms. The van der Waals surface area contributed by atoms with Crippen LogP contribution in [-0.2, 0) is 11.2 Å². The first-order chi connectivity index (χ1) is 14.7. The quantitative estimate of drug-likeness (QED) is 0.656. The lowest BCUT2D eigenvalue weighted by molar-refractivity contribution is 0.220. The summed E-state index contributed by atoms with van der Waals surface area (Å²) in [5.74, 6) is 2.34. The first-order valence-electron chi connectivity index (χ1n) is 10.2. The van der Waals surface area contributed by atoms with Gasteiger partial charge in [0.15, 0.2) is 5.82 Å². The lowest BCUT2D eigenvalue weighted by Crippen LogP contribution is -2.16. The minimum Gasteiger partial charge on any atom is -0.508 e. The molecule has 152 valence electrons. The number of benzene rings is 1. The van der Waals surface area contributed by atoms with Crippen LogP contribution in [0.2, 0.25) is 0 Å². The van der Waals surface area contributed by atoms with Crippen LogP contribution in [0.1, 0.15) is 25.0 Å². The van der Waals surface area contributed by atoms with Crippen molar-refractivity contribution < 1.29 is 9.84 Å². The highest BCUT2D eigenvalue weighted by Crippen LogP contribution is 2.42. The van der Waals surface area contributed by atoms with Gasteiger partial charge in [0, 0.05) is 23.6 Å². The van der Waals surface area contributed by atoms with E-state index in [0.29, 0.717) is 54.2 Å². The average Bonchev–Trinajstić information content (AvgIpc) is 3.51. The Labute approximate surface area is 173 Å². The third kappa shape index (κ3) is 3.66. The molecule has 2 aromatic heterocycles. The van der Waals surface area contributed by atoms with Crippen molar-refractivity contribution in [3.05, 3.63) is 87.8 Å². The molecular weight excluding hydrogens is 380 g/mol. The molecule has 1 fully saturated rings. The standard InChI is InChI=1S/C23H22N4O3/c28-18-8-4-5-9-19(21(18)15-10-11-15)30-13-12-17-14-20(29)27-23(24-17)25-22(26-27)16-6-2-1-3-7-16/h1-3,5-9,14-15,28H,4,10-13H2,(H,24,25,26). The lowest BCUT2D eigenvalue weighted by atomic mass is 10.1. The highest BCUT2D eigenvalue weighted by atomic mass is 16.5. The van der Waals surface area contributed by atoms with E-state index in [-0.39, 0.29) is 5.56 Å². The van der Waals surface area contributed by atoms with Gasteiger partial charge >= 0.3 is 0 Å². The van der Waals surface area contributed by atoms with Crippen molar-refractivity contribution in [2.24, 2.45) is 5.92 Å². The molecule has 1 aromatic carbocycles.